The Hall–Kier alpha value is -6.23. The Morgan fingerprint density at radius 1 is 0.800 bits per heavy atom. The number of ether oxygens (including phenoxy) is 5. The third-order valence-electron chi connectivity index (χ3n) is 9.36. The second-order valence-corrected chi connectivity index (χ2v) is 12.9. The number of aromatic hydroxyl groups is 1. The van der Waals surface area contributed by atoms with E-state index in [4.69, 9.17) is 41.0 Å². The first-order valence-electron chi connectivity index (χ1n) is 16.7. The van der Waals surface area contributed by atoms with Gasteiger partial charge in [0, 0.05) is 24.2 Å². The van der Waals surface area contributed by atoms with Crippen molar-refractivity contribution in [3.8, 4) is 51.4 Å². The number of phenols is 1. The molecule has 0 saturated heterocycles. The highest BCUT2D eigenvalue weighted by molar-refractivity contribution is 6.32. The smallest absolute Gasteiger partial charge is 0.247 e. The van der Waals surface area contributed by atoms with Gasteiger partial charge in [0.25, 0.3) is 0 Å². The summed E-state index contributed by atoms with van der Waals surface area (Å²) in [5, 5.41) is 33.1. The molecule has 0 spiro atoms. The first-order chi connectivity index (χ1) is 26.3. The molecule has 55 heavy (non-hydrogen) atoms. The van der Waals surface area contributed by atoms with Crippen LogP contribution < -0.4 is 50.7 Å². The topological polar surface area (TPSA) is 229 Å². The molecule has 0 saturated carbocycles. The molecule has 0 aliphatic carbocycles. The van der Waals surface area contributed by atoms with Gasteiger partial charge in [0.05, 0.1) is 33.5 Å². The van der Waals surface area contributed by atoms with Crippen molar-refractivity contribution in [3.63, 3.8) is 0 Å². The number of hydrogen-bond acceptors (Lipinski definition) is 12. The van der Waals surface area contributed by atoms with Crippen LogP contribution in [0.25, 0.3) is 11.1 Å². The molecule has 3 aliphatic rings. The third-order valence-corrected chi connectivity index (χ3v) is 9.65. The number of phenolic OH excluding ortho intramolecular Hbond substituents is 1. The van der Waals surface area contributed by atoms with E-state index in [2.05, 4.69) is 21.3 Å². The highest BCUT2D eigenvalue weighted by atomic mass is 35.5. The number of carbonyl (C=O) groups excluding carboxylic acids is 4. The fraction of sp³-hybridized carbons (Fsp3) is 0.263. The summed E-state index contributed by atoms with van der Waals surface area (Å²) in [5.74, 6) is -3.23. The summed E-state index contributed by atoms with van der Waals surface area (Å²) in [7, 11) is 6.91. The molecule has 16 nitrogen and oxygen atoms in total. The van der Waals surface area contributed by atoms with Crippen LogP contribution in [0.3, 0.4) is 0 Å². The average Bonchev–Trinajstić information content (AvgIpc) is 3.18. The number of rotatable bonds is 5. The van der Waals surface area contributed by atoms with Gasteiger partial charge in [0.2, 0.25) is 29.4 Å². The van der Waals surface area contributed by atoms with E-state index in [1.807, 2.05) is 0 Å². The Morgan fingerprint density at radius 3 is 2.18 bits per heavy atom. The molecule has 8 N–H and O–H groups in total. The van der Waals surface area contributed by atoms with Gasteiger partial charge in [-0.3, -0.25) is 19.2 Å². The Kier molecular flexibility index (Phi) is 10.9. The largest absolute Gasteiger partial charge is 0.504 e. The standard InChI is InChI=1S/C38H38ClN5O11/c1-41-36(48)31-21-14-19(51-2)15-26(53-4)28(21)20-10-16(6-8-24(20)52-3)30-37(49)44-32(38(50)43-31)33(46)17-7-9-25(22(39)11-17)55-27-13-18(29(40)35(47)42-30)12-23(45)34(27)54-5/h6-15,29-33,45-46H,40H2,1-5H3,(H,41,48)(H,42,47)(H,43,50)(H,44,49)/t29-,30-,31+,32+,33-/m1/s1. The maximum Gasteiger partial charge on any atom is 0.247 e. The molecule has 4 amide bonds. The maximum absolute atomic E-state index is 14.5. The molecule has 0 unspecified atom stereocenters. The van der Waals surface area contributed by atoms with E-state index in [0.29, 0.717) is 5.56 Å². The van der Waals surface area contributed by atoms with Crippen LogP contribution in [-0.2, 0) is 19.2 Å². The number of nitrogens with two attached hydrogens (primary N) is 1. The van der Waals surface area contributed by atoms with Crippen LogP contribution in [0.2, 0.25) is 5.02 Å². The molecular formula is C38H38ClN5O11. The first kappa shape index (κ1) is 38.5. The van der Waals surface area contributed by atoms with Crippen molar-refractivity contribution < 1.29 is 53.1 Å². The molecule has 0 fully saturated rings. The Balaban J connectivity index is 1.66. The monoisotopic (exact) mass is 775 g/mol. The number of methoxy groups -OCH3 is 4. The van der Waals surface area contributed by atoms with Crippen LogP contribution in [0, 0.1) is 0 Å². The van der Waals surface area contributed by atoms with Crippen LogP contribution in [0.15, 0.2) is 60.7 Å². The van der Waals surface area contributed by atoms with Crippen LogP contribution in [0.4, 0.5) is 0 Å². The molecule has 17 heteroatoms. The number of halogens is 1. The van der Waals surface area contributed by atoms with Crippen LogP contribution in [-0.4, -0.2) is 75.4 Å². The normalized spacial score (nSPS) is 20.7. The molecular weight excluding hydrogens is 738 g/mol. The number of nitrogens with one attached hydrogen (secondary N) is 4. The van der Waals surface area contributed by atoms with Crippen molar-refractivity contribution in [1.82, 2.24) is 21.3 Å². The Labute approximate surface area is 319 Å². The van der Waals surface area contributed by atoms with Gasteiger partial charge in [0.1, 0.15) is 53.3 Å². The summed E-state index contributed by atoms with van der Waals surface area (Å²) in [6, 6.07) is 8.13. The molecule has 4 aromatic rings. The van der Waals surface area contributed by atoms with Crippen LogP contribution in [0.5, 0.6) is 40.2 Å². The van der Waals surface area contributed by atoms with E-state index < -0.39 is 59.6 Å². The van der Waals surface area contributed by atoms with Crippen LogP contribution >= 0.6 is 11.6 Å². The van der Waals surface area contributed by atoms with Gasteiger partial charge in [-0.2, -0.15) is 0 Å². The predicted octanol–water partition coefficient (Wildman–Crippen LogP) is 2.85. The highest BCUT2D eigenvalue weighted by Gasteiger charge is 2.39. The van der Waals surface area contributed by atoms with E-state index in [0.717, 1.165) is 0 Å². The number of likely N-dealkylation sites (N-methyl/N-ethyl adjacent to an activating group) is 1. The summed E-state index contributed by atoms with van der Waals surface area (Å²) in [6.45, 7) is 0. The lowest BCUT2D eigenvalue weighted by Gasteiger charge is -2.31. The Bertz CT molecular complexity index is 2200. The molecule has 8 bridgehead atoms. The van der Waals surface area contributed by atoms with Crippen molar-refractivity contribution >= 4 is 35.2 Å². The maximum atomic E-state index is 14.5. The highest BCUT2D eigenvalue weighted by Crippen LogP contribution is 2.46. The molecule has 3 heterocycles. The minimum Gasteiger partial charge on any atom is -0.504 e. The van der Waals surface area contributed by atoms with E-state index in [1.165, 1.54) is 78.0 Å². The molecule has 4 aromatic carbocycles. The molecule has 0 aromatic heterocycles. The van der Waals surface area contributed by atoms with Gasteiger partial charge in [-0.15, -0.1) is 0 Å². The molecule has 288 valence electrons. The average molecular weight is 776 g/mol. The zero-order valence-electron chi connectivity index (χ0n) is 30.2. The Morgan fingerprint density at radius 2 is 1.53 bits per heavy atom. The van der Waals surface area contributed by atoms with Gasteiger partial charge >= 0.3 is 0 Å². The number of aliphatic hydroxyl groups is 1. The molecule has 5 atom stereocenters. The summed E-state index contributed by atoms with van der Waals surface area (Å²) >= 11 is 6.62. The van der Waals surface area contributed by atoms with Gasteiger partial charge < -0.3 is 60.9 Å². The van der Waals surface area contributed by atoms with Crippen LogP contribution in [0.1, 0.15) is 46.5 Å². The second kappa shape index (κ2) is 15.6. The van der Waals surface area contributed by atoms with E-state index in [-0.39, 0.29) is 67.3 Å². The van der Waals surface area contributed by atoms with Crippen molar-refractivity contribution in [2.45, 2.75) is 30.3 Å². The molecule has 7 rings (SSSR count). The van der Waals surface area contributed by atoms with Crippen molar-refractivity contribution in [2.24, 2.45) is 5.73 Å². The minimum absolute atomic E-state index is 0.0410. The SMILES string of the molecule is CNC(=O)[C@H]1NC(=O)[C@H]2NC(=O)[C@H](NC(=O)[C@H](N)c3cc(O)c(OC)c(c3)Oc3ccc(cc3Cl)[C@H]2O)c2ccc(OC)c(c2)-c2c(OC)cc(OC)cc21. The molecule has 0 radical (unpaired) electrons. The predicted molar refractivity (Wildman–Crippen MR) is 197 cm³/mol. The number of aliphatic hydroxyl groups excluding tert-OH is 1. The summed E-state index contributed by atoms with van der Waals surface area (Å²) in [5.41, 5.74) is 7.56. The van der Waals surface area contributed by atoms with Gasteiger partial charge in [-0.05, 0) is 64.7 Å². The van der Waals surface area contributed by atoms with E-state index >= 15 is 0 Å². The van der Waals surface area contributed by atoms with Gasteiger partial charge in [0.15, 0.2) is 11.5 Å². The van der Waals surface area contributed by atoms with Crippen molar-refractivity contribution in [2.75, 3.05) is 35.5 Å². The second-order valence-electron chi connectivity index (χ2n) is 12.5. The summed E-state index contributed by atoms with van der Waals surface area (Å²) in [6.07, 6.45) is -1.79. The van der Waals surface area contributed by atoms with Crippen molar-refractivity contribution in [3.05, 3.63) is 87.9 Å². The number of amides is 4. The van der Waals surface area contributed by atoms with E-state index in [1.54, 1.807) is 18.2 Å². The third kappa shape index (κ3) is 7.22. The number of benzene rings is 4. The minimum atomic E-state index is -1.79. The van der Waals surface area contributed by atoms with Crippen molar-refractivity contribution in [1.29, 1.82) is 0 Å². The number of hydrogen-bond donors (Lipinski definition) is 7. The fourth-order valence-corrected chi connectivity index (χ4v) is 6.77. The quantitative estimate of drug-likeness (QED) is 0.155. The lowest BCUT2D eigenvalue weighted by Crippen LogP contribution is -2.55. The van der Waals surface area contributed by atoms with E-state index in [9.17, 15) is 29.4 Å². The number of carbonyl (C=O) groups is 4. The zero-order chi connectivity index (χ0) is 39.7. The fourth-order valence-electron chi connectivity index (χ4n) is 6.54. The molecule has 3 aliphatic heterocycles. The van der Waals surface area contributed by atoms with Gasteiger partial charge in [-0.25, -0.2) is 0 Å². The lowest BCUT2D eigenvalue weighted by molar-refractivity contribution is -0.136. The lowest BCUT2D eigenvalue weighted by atomic mass is 9.89. The summed E-state index contributed by atoms with van der Waals surface area (Å²) < 4.78 is 28.4. The van der Waals surface area contributed by atoms with Gasteiger partial charge in [-0.1, -0.05) is 23.7 Å². The summed E-state index contributed by atoms with van der Waals surface area (Å²) in [4.78, 5) is 56.6. The first-order valence-corrected chi connectivity index (χ1v) is 17.1. The zero-order valence-corrected chi connectivity index (χ0v) is 30.9. The number of fused-ring (bicyclic) bond motifs is 8.